The van der Waals surface area contributed by atoms with Crippen LogP contribution in [0.3, 0.4) is 0 Å². The van der Waals surface area contributed by atoms with Crippen molar-refractivity contribution in [2.24, 2.45) is 0 Å². The van der Waals surface area contributed by atoms with E-state index in [1.165, 1.54) is 0 Å². The lowest BCUT2D eigenvalue weighted by Gasteiger charge is -2.12. The van der Waals surface area contributed by atoms with Gasteiger partial charge in [0, 0.05) is 11.4 Å². The van der Waals surface area contributed by atoms with E-state index in [1.807, 2.05) is 77.4 Å². The first-order valence-electron chi connectivity index (χ1n) is 9.26. The fourth-order valence-corrected chi connectivity index (χ4v) is 3.53. The molecule has 0 spiro atoms. The van der Waals surface area contributed by atoms with E-state index in [4.69, 9.17) is 21.3 Å². The van der Waals surface area contributed by atoms with Gasteiger partial charge in [-0.3, -0.25) is 4.79 Å². The van der Waals surface area contributed by atoms with Crippen molar-refractivity contribution in [1.82, 2.24) is 9.55 Å². The molecule has 0 fully saturated rings. The molecular weight excluding hydrogens is 386 g/mol. The molecule has 6 heteroatoms. The number of anilines is 1. The lowest BCUT2D eigenvalue weighted by atomic mass is 10.1. The number of carbonyl (C=O) groups is 1. The molecule has 5 nitrogen and oxygen atoms in total. The van der Waals surface area contributed by atoms with Crippen molar-refractivity contribution in [2.75, 3.05) is 12.4 Å². The zero-order valence-electron chi connectivity index (χ0n) is 15.9. The molecule has 29 heavy (non-hydrogen) atoms. The first-order chi connectivity index (χ1) is 14.2. The van der Waals surface area contributed by atoms with Gasteiger partial charge in [-0.15, -0.1) is 0 Å². The van der Waals surface area contributed by atoms with E-state index in [0.717, 1.165) is 22.4 Å². The second-order valence-electron chi connectivity index (χ2n) is 6.62. The van der Waals surface area contributed by atoms with Gasteiger partial charge in [0.25, 0.3) is 0 Å². The summed E-state index contributed by atoms with van der Waals surface area (Å²) in [7, 11) is 1.58. The van der Waals surface area contributed by atoms with Crippen molar-refractivity contribution in [3.05, 3.63) is 89.2 Å². The van der Waals surface area contributed by atoms with Gasteiger partial charge in [-0.1, -0.05) is 54.1 Å². The van der Waals surface area contributed by atoms with Gasteiger partial charge in [0.1, 0.15) is 18.1 Å². The Labute approximate surface area is 173 Å². The summed E-state index contributed by atoms with van der Waals surface area (Å²) in [5.41, 5.74) is 3.36. The number of para-hydroxylation sites is 4. The van der Waals surface area contributed by atoms with Crippen molar-refractivity contribution in [2.45, 2.75) is 13.0 Å². The van der Waals surface area contributed by atoms with Crippen LogP contribution in [-0.4, -0.2) is 22.6 Å². The van der Waals surface area contributed by atoms with Crippen LogP contribution >= 0.6 is 11.6 Å². The molecule has 3 aromatic carbocycles. The number of nitrogens with one attached hydrogen (secondary N) is 1. The number of aromatic nitrogens is 2. The van der Waals surface area contributed by atoms with Gasteiger partial charge in [-0.25, -0.2) is 4.98 Å². The highest BCUT2D eigenvalue weighted by Gasteiger charge is 2.16. The molecule has 0 atom stereocenters. The monoisotopic (exact) mass is 405 g/mol. The number of methoxy groups -OCH3 is 1. The predicted octanol–water partition coefficient (Wildman–Crippen LogP) is 4.93. The average Bonchev–Trinajstić information content (AvgIpc) is 3.07. The van der Waals surface area contributed by atoms with Gasteiger partial charge in [0.2, 0.25) is 5.91 Å². The van der Waals surface area contributed by atoms with E-state index in [2.05, 4.69) is 5.32 Å². The molecule has 1 heterocycles. The predicted molar refractivity (Wildman–Crippen MR) is 116 cm³/mol. The molecule has 4 aromatic rings. The van der Waals surface area contributed by atoms with Crippen molar-refractivity contribution in [1.29, 1.82) is 0 Å². The number of hydrogen-bond acceptors (Lipinski definition) is 3. The van der Waals surface area contributed by atoms with Crippen molar-refractivity contribution < 1.29 is 9.53 Å². The maximum absolute atomic E-state index is 12.8. The lowest BCUT2D eigenvalue weighted by Crippen LogP contribution is -2.20. The van der Waals surface area contributed by atoms with Crippen molar-refractivity contribution >= 4 is 34.2 Å². The third kappa shape index (κ3) is 4.10. The molecule has 0 saturated carbocycles. The Bertz CT molecular complexity index is 1170. The van der Waals surface area contributed by atoms with Crippen LogP contribution in [0.5, 0.6) is 5.75 Å². The van der Waals surface area contributed by atoms with Gasteiger partial charge in [0.05, 0.1) is 23.8 Å². The summed E-state index contributed by atoms with van der Waals surface area (Å²) in [5.74, 6) is 1.25. The summed E-state index contributed by atoms with van der Waals surface area (Å²) in [4.78, 5) is 17.6. The molecule has 0 unspecified atom stereocenters. The highest BCUT2D eigenvalue weighted by atomic mass is 35.5. The molecule has 0 bridgehead atoms. The summed E-state index contributed by atoms with van der Waals surface area (Å²) in [6.07, 6.45) is 0.538. The first kappa shape index (κ1) is 19.0. The SMILES string of the molecule is COc1ccccc1NC(=O)Cn1c(Cc2ccccc2Cl)nc2ccccc21. The molecule has 0 saturated heterocycles. The number of ether oxygens (including phenoxy) is 1. The van der Waals surface area contributed by atoms with E-state index in [-0.39, 0.29) is 12.5 Å². The Kier molecular flexibility index (Phi) is 5.49. The van der Waals surface area contributed by atoms with Crippen molar-refractivity contribution in [3.8, 4) is 5.75 Å². The van der Waals surface area contributed by atoms with Gasteiger partial charge >= 0.3 is 0 Å². The summed E-state index contributed by atoms with van der Waals surface area (Å²) >= 11 is 6.34. The molecule has 0 radical (unpaired) electrons. The number of amides is 1. The Morgan fingerprint density at radius 2 is 1.76 bits per heavy atom. The highest BCUT2D eigenvalue weighted by Crippen LogP contribution is 2.25. The van der Waals surface area contributed by atoms with Crippen molar-refractivity contribution in [3.63, 3.8) is 0 Å². The van der Waals surface area contributed by atoms with E-state index in [0.29, 0.717) is 22.9 Å². The van der Waals surface area contributed by atoms with Crippen LogP contribution in [0.2, 0.25) is 5.02 Å². The second-order valence-corrected chi connectivity index (χ2v) is 7.03. The number of hydrogen-bond donors (Lipinski definition) is 1. The largest absolute Gasteiger partial charge is 0.495 e. The molecule has 0 aliphatic rings. The van der Waals surface area contributed by atoms with Crippen LogP contribution in [0.25, 0.3) is 11.0 Å². The molecule has 1 aromatic heterocycles. The molecule has 146 valence electrons. The van der Waals surface area contributed by atoms with E-state index < -0.39 is 0 Å². The van der Waals surface area contributed by atoms with E-state index in [9.17, 15) is 4.79 Å². The third-order valence-electron chi connectivity index (χ3n) is 4.72. The number of nitrogens with zero attached hydrogens (tertiary/aromatic N) is 2. The van der Waals surface area contributed by atoms with E-state index in [1.54, 1.807) is 7.11 Å². The van der Waals surface area contributed by atoms with Gasteiger partial charge in [-0.2, -0.15) is 0 Å². The van der Waals surface area contributed by atoms with Crippen LogP contribution in [0, 0.1) is 0 Å². The standard InChI is InChI=1S/C23H20ClN3O2/c1-29-21-13-7-5-11-19(21)26-23(28)15-27-20-12-6-4-10-18(20)25-22(27)14-16-8-2-3-9-17(16)24/h2-13H,14-15H2,1H3,(H,26,28). The Morgan fingerprint density at radius 1 is 1.03 bits per heavy atom. The summed E-state index contributed by atoms with van der Waals surface area (Å²) < 4.78 is 7.25. The third-order valence-corrected chi connectivity index (χ3v) is 5.09. The fourth-order valence-electron chi connectivity index (χ4n) is 3.33. The Hall–Kier alpha value is -3.31. The topological polar surface area (TPSA) is 56.1 Å². The number of benzene rings is 3. The highest BCUT2D eigenvalue weighted by molar-refractivity contribution is 6.31. The van der Waals surface area contributed by atoms with Gasteiger partial charge in [-0.05, 0) is 35.9 Å². The number of halogens is 1. The quantitative estimate of drug-likeness (QED) is 0.495. The molecule has 1 N–H and O–H groups in total. The maximum Gasteiger partial charge on any atom is 0.244 e. The zero-order chi connectivity index (χ0) is 20.2. The number of rotatable bonds is 6. The normalized spacial score (nSPS) is 10.8. The fraction of sp³-hybridized carbons (Fsp3) is 0.130. The summed E-state index contributed by atoms with van der Waals surface area (Å²) in [5, 5.41) is 3.61. The maximum atomic E-state index is 12.8. The number of fused-ring (bicyclic) bond motifs is 1. The Morgan fingerprint density at radius 3 is 2.59 bits per heavy atom. The van der Waals surface area contributed by atoms with Crippen LogP contribution in [0.4, 0.5) is 5.69 Å². The number of carbonyl (C=O) groups excluding carboxylic acids is 1. The lowest BCUT2D eigenvalue weighted by molar-refractivity contribution is -0.116. The zero-order valence-corrected chi connectivity index (χ0v) is 16.7. The molecule has 0 aliphatic carbocycles. The minimum atomic E-state index is -0.155. The molecule has 0 aliphatic heterocycles. The van der Waals surface area contributed by atoms with Crippen LogP contribution in [0.1, 0.15) is 11.4 Å². The minimum Gasteiger partial charge on any atom is -0.495 e. The van der Waals surface area contributed by atoms with Gasteiger partial charge < -0.3 is 14.6 Å². The van der Waals surface area contributed by atoms with Gasteiger partial charge in [0.15, 0.2) is 0 Å². The van der Waals surface area contributed by atoms with Crippen LogP contribution in [-0.2, 0) is 17.8 Å². The minimum absolute atomic E-state index is 0.137. The van der Waals surface area contributed by atoms with E-state index >= 15 is 0 Å². The molecular formula is C23H20ClN3O2. The summed E-state index contributed by atoms with van der Waals surface area (Å²) in [6.45, 7) is 0.137. The Balaban J connectivity index is 1.65. The molecule has 1 amide bonds. The molecule has 4 rings (SSSR count). The van der Waals surface area contributed by atoms with Crippen LogP contribution < -0.4 is 10.1 Å². The van der Waals surface area contributed by atoms with Crippen LogP contribution in [0.15, 0.2) is 72.8 Å². The second kappa shape index (κ2) is 8.37. The summed E-state index contributed by atoms with van der Waals surface area (Å²) in [6, 6.07) is 22.8. The number of imidazole rings is 1. The first-order valence-corrected chi connectivity index (χ1v) is 9.64. The average molecular weight is 406 g/mol. The smallest absolute Gasteiger partial charge is 0.244 e.